The molecule has 1 aromatic heterocycles. The lowest BCUT2D eigenvalue weighted by Crippen LogP contribution is -2.19. The molecule has 3 N–H and O–H groups in total. The maximum atomic E-state index is 11.5. The number of nitrogens with zero attached hydrogens (tertiary/aromatic N) is 3. The maximum Gasteiger partial charge on any atom is 0.297 e. The van der Waals surface area contributed by atoms with E-state index >= 15 is 0 Å². The van der Waals surface area contributed by atoms with Gasteiger partial charge in [0.05, 0.1) is 13.3 Å². The van der Waals surface area contributed by atoms with E-state index in [9.17, 15) is 4.79 Å². The van der Waals surface area contributed by atoms with Crippen molar-refractivity contribution in [2.24, 2.45) is 5.10 Å². The molecule has 2 aromatic rings. The molecule has 1 heterocycles. The van der Waals surface area contributed by atoms with Gasteiger partial charge in [-0.15, -0.1) is 0 Å². The van der Waals surface area contributed by atoms with Crippen LogP contribution in [0.5, 0.6) is 5.75 Å². The molecule has 0 bridgehead atoms. The minimum absolute atomic E-state index is 0.0860. The summed E-state index contributed by atoms with van der Waals surface area (Å²) in [5, 5.41) is 10.4. The number of nitrogens with one attached hydrogen (secondary N) is 1. The first-order valence-corrected chi connectivity index (χ1v) is 5.26. The van der Waals surface area contributed by atoms with Crippen LogP contribution in [-0.2, 0) is 0 Å². The SMILES string of the molecule is COc1ccc(C=NNC(=O)c2nonc2N)cc1. The summed E-state index contributed by atoms with van der Waals surface area (Å²) in [5.41, 5.74) is 8.32. The summed E-state index contributed by atoms with van der Waals surface area (Å²) in [7, 11) is 1.58. The van der Waals surface area contributed by atoms with Gasteiger partial charge in [0.1, 0.15) is 5.75 Å². The normalized spacial score (nSPS) is 10.6. The molecule has 0 atom stereocenters. The molecule has 0 aliphatic carbocycles. The Bertz CT molecular complexity index is 591. The Morgan fingerprint density at radius 2 is 2.16 bits per heavy atom. The number of hydrogen-bond donors (Lipinski definition) is 2. The van der Waals surface area contributed by atoms with Gasteiger partial charge in [0.15, 0.2) is 0 Å². The average molecular weight is 261 g/mol. The number of carbonyl (C=O) groups is 1. The van der Waals surface area contributed by atoms with Gasteiger partial charge in [-0.25, -0.2) is 10.1 Å². The van der Waals surface area contributed by atoms with Crippen LogP contribution in [0, 0.1) is 0 Å². The zero-order valence-corrected chi connectivity index (χ0v) is 10.0. The van der Waals surface area contributed by atoms with Crippen molar-refractivity contribution in [1.29, 1.82) is 0 Å². The Labute approximate surface area is 108 Å². The Morgan fingerprint density at radius 1 is 1.42 bits per heavy atom. The summed E-state index contributed by atoms with van der Waals surface area (Å²) in [6, 6.07) is 7.15. The smallest absolute Gasteiger partial charge is 0.297 e. The highest BCUT2D eigenvalue weighted by Crippen LogP contribution is 2.09. The van der Waals surface area contributed by atoms with Gasteiger partial charge in [-0.2, -0.15) is 5.10 Å². The lowest BCUT2D eigenvalue weighted by atomic mass is 10.2. The van der Waals surface area contributed by atoms with E-state index in [0.717, 1.165) is 11.3 Å². The second kappa shape index (κ2) is 5.63. The highest BCUT2D eigenvalue weighted by atomic mass is 16.6. The van der Waals surface area contributed by atoms with Crippen molar-refractivity contribution in [2.45, 2.75) is 0 Å². The Hall–Kier alpha value is -2.90. The van der Waals surface area contributed by atoms with Gasteiger partial charge in [-0.05, 0) is 40.1 Å². The number of amides is 1. The molecular weight excluding hydrogens is 250 g/mol. The first-order chi connectivity index (χ1) is 9.20. The Kier molecular flexibility index (Phi) is 3.72. The molecule has 0 saturated heterocycles. The number of rotatable bonds is 4. The third kappa shape index (κ3) is 3.06. The highest BCUT2D eigenvalue weighted by Gasteiger charge is 2.14. The van der Waals surface area contributed by atoms with Crippen molar-refractivity contribution in [3.63, 3.8) is 0 Å². The number of benzene rings is 1. The molecule has 8 heteroatoms. The van der Waals surface area contributed by atoms with Crippen LogP contribution in [0.2, 0.25) is 0 Å². The van der Waals surface area contributed by atoms with Gasteiger partial charge >= 0.3 is 0 Å². The van der Waals surface area contributed by atoms with E-state index in [1.165, 1.54) is 6.21 Å². The molecule has 0 fully saturated rings. The van der Waals surface area contributed by atoms with E-state index in [2.05, 4.69) is 25.5 Å². The number of hydrogen-bond acceptors (Lipinski definition) is 7. The Morgan fingerprint density at radius 3 is 2.74 bits per heavy atom. The van der Waals surface area contributed by atoms with Gasteiger partial charge in [0, 0.05) is 0 Å². The molecule has 1 aromatic carbocycles. The van der Waals surface area contributed by atoms with Crippen LogP contribution < -0.4 is 15.9 Å². The molecule has 98 valence electrons. The number of nitrogens with two attached hydrogens (primary N) is 1. The van der Waals surface area contributed by atoms with E-state index in [-0.39, 0.29) is 11.5 Å². The largest absolute Gasteiger partial charge is 0.497 e. The second-order valence-electron chi connectivity index (χ2n) is 3.47. The van der Waals surface area contributed by atoms with Crippen LogP contribution in [0.3, 0.4) is 0 Å². The number of anilines is 1. The van der Waals surface area contributed by atoms with Crippen molar-refractivity contribution >= 4 is 17.9 Å². The van der Waals surface area contributed by atoms with Gasteiger partial charge in [0.2, 0.25) is 11.5 Å². The fourth-order valence-corrected chi connectivity index (χ4v) is 1.26. The number of carbonyl (C=O) groups excluding carboxylic acids is 1. The molecule has 0 saturated carbocycles. The number of ether oxygens (including phenoxy) is 1. The van der Waals surface area contributed by atoms with E-state index in [1.807, 2.05) is 0 Å². The molecule has 2 rings (SSSR count). The third-order valence-electron chi connectivity index (χ3n) is 2.22. The van der Waals surface area contributed by atoms with Crippen molar-refractivity contribution in [1.82, 2.24) is 15.7 Å². The molecule has 0 aliphatic rings. The third-order valence-corrected chi connectivity index (χ3v) is 2.22. The van der Waals surface area contributed by atoms with Crippen LogP contribution in [-0.4, -0.2) is 29.5 Å². The monoisotopic (exact) mass is 261 g/mol. The fraction of sp³-hybridized carbons (Fsp3) is 0.0909. The zero-order valence-electron chi connectivity index (χ0n) is 10.0. The number of hydrazone groups is 1. The molecule has 0 aliphatic heterocycles. The highest BCUT2D eigenvalue weighted by molar-refractivity contribution is 5.96. The fourth-order valence-electron chi connectivity index (χ4n) is 1.26. The van der Waals surface area contributed by atoms with E-state index in [4.69, 9.17) is 10.5 Å². The lowest BCUT2D eigenvalue weighted by Gasteiger charge is -1.99. The van der Waals surface area contributed by atoms with Crippen LogP contribution in [0.15, 0.2) is 34.0 Å². The number of aromatic nitrogens is 2. The second-order valence-corrected chi connectivity index (χ2v) is 3.47. The number of methoxy groups -OCH3 is 1. The lowest BCUT2D eigenvalue weighted by molar-refractivity contribution is 0.0946. The van der Waals surface area contributed by atoms with Gasteiger partial charge < -0.3 is 10.5 Å². The molecular formula is C11H11N5O3. The van der Waals surface area contributed by atoms with Gasteiger partial charge in [0.25, 0.3) is 5.91 Å². The zero-order chi connectivity index (χ0) is 13.7. The number of nitrogen functional groups attached to an aromatic ring is 1. The van der Waals surface area contributed by atoms with E-state index < -0.39 is 5.91 Å². The Balaban J connectivity index is 1.96. The van der Waals surface area contributed by atoms with Gasteiger partial charge in [-0.1, -0.05) is 0 Å². The molecule has 19 heavy (non-hydrogen) atoms. The first kappa shape index (κ1) is 12.6. The topological polar surface area (TPSA) is 116 Å². The quantitative estimate of drug-likeness (QED) is 0.608. The van der Waals surface area contributed by atoms with Crippen molar-refractivity contribution < 1.29 is 14.2 Å². The molecule has 0 radical (unpaired) electrons. The molecule has 0 unspecified atom stereocenters. The first-order valence-electron chi connectivity index (χ1n) is 5.26. The molecule has 1 amide bonds. The average Bonchev–Trinajstić information content (AvgIpc) is 2.86. The summed E-state index contributed by atoms with van der Waals surface area (Å²) in [6.07, 6.45) is 1.47. The minimum atomic E-state index is -0.594. The van der Waals surface area contributed by atoms with Gasteiger partial charge in [-0.3, -0.25) is 4.79 Å². The van der Waals surface area contributed by atoms with E-state index in [0.29, 0.717) is 0 Å². The van der Waals surface area contributed by atoms with Crippen LogP contribution in [0.4, 0.5) is 5.82 Å². The van der Waals surface area contributed by atoms with Crippen molar-refractivity contribution in [3.05, 3.63) is 35.5 Å². The minimum Gasteiger partial charge on any atom is -0.497 e. The predicted molar refractivity (Wildman–Crippen MR) is 66.8 cm³/mol. The van der Waals surface area contributed by atoms with E-state index in [1.54, 1.807) is 31.4 Å². The summed E-state index contributed by atoms with van der Waals surface area (Å²) >= 11 is 0. The summed E-state index contributed by atoms with van der Waals surface area (Å²) in [4.78, 5) is 11.5. The van der Waals surface area contributed by atoms with Crippen molar-refractivity contribution in [2.75, 3.05) is 12.8 Å². The van der Waals surface area contributed by atoms with Crippen LogP contribution in [0.1, 0.15) is 16.1 Å². The maximum absolute atomic E-state index is 11.5. The van der Waals surface area contributed by atoms with Crippen LogP contribution >= 0.6 is 0 Å². The summed E-state index contributed by atoms with van der Waals surface area (Å²) < 4.78 is 9.33. The summed E-state index contributed by atoms with van der Waals surface area (Å²) in [6.45, 7) is 0. The predicted octanol–water partition coefficient (Wildman–Crippen LogP) is 0.424. The molecule has 0 spiro atoms. The van der Waals surface area contributed by atoms with Crippen molar-refractivity contribution in [3.8, 4) is 5.75 Å². The standard InChI is InChI=1S/C11H11N5O3/c1-18-8-4-2-7(3-5-8)6-13-14-11(17)9-10(12)16-19-15-9/h2-6H,1H3,(H2,12,16)(H,14,17). The van der Waals surface area contributed by atoms with Crippen LogP contribution in [0.25, 0.3) is 0 Å². The summed E-state index contributed by atoms with van der Waals surface area (Å²) in [5.74, 6) is 0.0586. The molecule has 8 nitrogen and oxygen atoms in total.